The molecular formula is C11H19N3O3. The van der Waals surface area contributed by atoms with E-state index in [0.717, 1.165) is 19.3 Å². The Morgan fingerprint density at radius 1 is 1.41 bits per heavy atom. The summed E-state index contributed by atoms with van der Waals surface area (Å²) in [5.74, 6) is -0.717. The molecule has 4 N–H and O–H groups in total. The number of carbonyl (C=O) groups is 2. The Morgan fingerprint density at radius 3 is 2.88 bits per heavy atom. The lowest BCUT2D eigenvalue weighted by atomic mass is 10.1. The Hall–Kier alpha value is -1.14. The molecule has 3 atom stereocenters. The van der Waals surface area contributed by atoms with Gasteiger partial charge in [-0.05, 0) is 19.3 Å². The van der Waals surface area contributed by atoms with Crippen LogP contribution >= 0.6 is 0 Å². The number of amides is 2. The molecule has 0 aromatic heterocycles. The first kappa shape index (κ1) is 12.3. The molecule has 6 nitrogen and oxygen atoms in total. The number of nitrogens with zero attached hydrogens (tertiary/aromatic N) is 1. The third-order valence-electron chi connectivity index (χ3n) is 3.50. The minimum absolute atomic E-state index is 0.0897. The number of fused-ring (bicyclic) bond motifs is 1. The minimum atomic E-state index is -0.813. The van der Waals surface area contributed by atoms with Crippen LogP contribution in [0.15, 0.2) is 0 Å². The molecule has 2 fully saturated rings. The second-order valence-electron chi connectivity index (χ2n) is 4.72. The van der Waals surface area contributed by atoms with E-state index in [2.05, 4.69) is 0 Å². The summed E-state index contributed by atoms with van der Waals surface area (Å²) in [4.78, 5) is 24.7. The molecule has 1 heterocycles. The van der Waals surface area contributed by atoms with Crippen molar-refractivity contribution in [3.8, 4) is 0 Å². The van der Waals surface area contributed by atoms with Crippen molar-refractivity contribution in [1.29, 1.82) is 0 Å². The molecule has 0 spiro atoms. The summed E-state index contributed by atoms with van der Waals surface area (Å²) < 4.78 is 5.62. The summed E-state index contributed by atoms with van der Waals surface area (Å²) >= 11 is 0. The molecule has 2 rings (SSSR count). The van der Waals surface area contributed by atoms with Gasteiger partial charge in [-0.25, -0.2) is 0 Å². The summed E-state index contributed by atoms with van der Waals surface area (Å²) in [6.45, 7) is 1.11. The Balaban J connectivity index is 2.00. The van der Waals surface area contributed by atoms with E-state index in [-0.39, 0.29) is 24.5 Å². The van der Waals surface area contributed by atoms with Gasteiger partial charge in [0.15, 0.2) is 0 Å². The van der Waals surface area contributed by atoms with Crippen LogP contribution in [0, 0.1) is 0 Å². The van der Waals surface area contributed by atoms with Crippen LogP contribution in [0.4, 0.5) is 0 Å². The topological polar surface area (TPSA) is 98.7 Å². The zero-order chi connectivity index (χ0) is 12.4. The number of carbonyl (C=O) groups excluding carboxylic acids is 2. The van der Waals surface area contributed by atoms with Gasteiger partial charge in [0.05, 0.1) is 31.2 Å². The summed E-state index contributed by atoms with van der Waals surface area (Å²) in [6, 6.07) is -0.679. The highest BCUT2D eigenvalue weighted by atomic mass is 16.5. The molecule has 2 amide bonds. The molecule has 96 valence electrons. The van der Waals surface area contributed by atoms with E-state index in [1.807, 2.05) is 0 Å². The normalized spacial score (nSPS) is 29.8. The molecule has 0 bridgehead atoms. The molecule has 0 radical (unpaired) electrons. The van der Waals surface area contributed by atoms with E-state index < -0.39 is 11.9 Å². The maximum atomic E-state index is 12.1. The number of primary amides is 1. The standard InChI is InChI=1S/C11H19N3O3/c12-7(6-10(13)15)11(16)14-4-5-17-9-3-1-2-8(9)14/h7-9H,1-6,12H2,(H2,13,15). The van der Waals surface area contributed by atoms with Crippen LogP contribution in [-0.4, -0.2) is 48.1 Å². The van der Waals surface area contributed by atoms with E-state index in [0.29, 0.717) is 13.2 Å². The van der Waals surface area contributed by atoms with Gasteiger partial charge in [0.1, 0.15) is 0 Å². The molecule has 3 unspecified atom stereocenters. The fraction of sp³-hybridized carbons (Fsp3) is 0.818. The second kappa shape index (κ2) is 5.01. The van der Waals surface area contributed by atoms with Crippen LogP contribution in [0.25, 0.3) is 0 Å². The molecule has 6 heteroatoms. The Bertz CT molecular complexity index is 321. The van der Waals surface area contributed by atoms with Crippen molar-refractivity contribution >= 4 is 11.8 Å². The number of morpholine rings is 1. The predicted molar refractivity (Wildman–Crippen MR) is 60.9 cm³/mol. The summed E-state index contributed by atoms with van der Waals surface area (Å²) in [6.07, 6.45) is 3.09. The number of hydrogen-bond acceptors (Lipinski definition) is 4. The third-order valence-corrected chi connectivity index (χ3v) is 3.50. The summed E-state index contributed by atoms with van der Waals surface area (Å²) in [7, 11) is 0. The van der Waals surface area contributed by atoms with Crippen molar-refractivity contribution < 1.29 is 14.3 Å². The molecule has 1 saturated carbocycles. The zero-order valence-corrected chi connectivity index (χ0v) is 9.80. The average molecular weight is 241 g/mol. The number of hydrogen-bond donors (Lipinski definition) is 2. The van der Waals surface area contributed by atoms with Crippen LogP contribution in [0.2, 0.25) is 0 Å². The van der Waals surface area contributed by atoms with E-state index >= 15 is 0 Å². The van der Waals surface area contributed by atoms with Gasteiger partial charge in [-0.2, -0.15) is 0 Å². The molecule has 0 aromatic carbocycles. The maximum absolute atomic E-state index is 12.1. The van der Waals surface area contributed by atoms with E-state index in [4.69, 9.17) is 16.2 Å². The number of nitrogens with two attached hydrogens (primary N) is 2. The smallest absolute Gasteiger partial charge is 0.240 e. The fourth-order valence-electron chi connectivity index (χ4n) is 2.72. The largest absolute Gasteiger partial charge is 0.374 e. The van der Waals surface area contributed by atoms with Crippen molar-refractivity contribution in [3.63, 3.8) is 0 Å². The molecular weight excluding hydrogens is 222 g/mol. The van der Waals surface area contributed by atoms with E-state index in [9.17, 15) is 9.59 Å². The van der Waals surface area contributed by atoms with Crippen molar-refractivity contribution in [2.75, 3.05) is 13.2 Å². The van der Waals surface area contributed by atoms with Crippen molar-refractivity contribution in [2.45, 2.75) is 43.9 Å². The first-order valence-electron chi connectivity index (χ1n) is 6.05. The van der Waals surface area contributed by atoms with Crippen molar-refractivity contribution in [3.05, 3.63) is 0 Å². The van der Waals surface area contributed by atoms with Gasteiger partial charge in [0.2, 0.25) is 11.8 Å². The Labute approximate surface area is 100 Å². The van der Waals surface area contributed by atoms with Gasteiger partial charge in [-0.3, -0.25) is 9.59 Å². The molecule has 2 aliphatic rings. The van der Waals surface area contributed by atoms with E-state index in [1.165, 1.54) is 0 Å². The molecule has 0 aromatic rings. The SMILES string of the molecule is NC(=O)CC(N)C(=O)N1CCOC2CCCC21. The Morgan fingerprint density at radius 2 is 2.18 bits per heavy atom. The van der Waals surface area contributed by atoms with Crippen molar-refractivity contribution in [2.24, 2.45) is 11.5 Å². The predicted octanol–water partition coefficient (Wildman–Crippen LogP) is -1.03. The first-order valence-corrected chi connectivity index (χ1v) is 6.05. The number of rotatable bonds is 3. The van der Waals surface area contributed by atoms with Crippen LogP contribution in [-0.2, 0) is 14.3 Å². The molecule has 17 heavy (non-hydrogen) atoms. The maximum Gasteiger partial charge on any atom is 0.240 e. The zero-order valence-electron chi connectivity index (χ0n) is 9.80. The third kappa shape index (κ3) is 2.58. The lowest BCUT2D eigenvalue weighted by Gasteiger charge is -2.38. The lowest BCUT2D eigenvalue weighted by molar-refractivity contribution is -0.146. The quantitative estimate of drug-likeness (QED) is 0.660. The lowest BCUT2D eigenvalue weighted by Crippen LogP contribution is -2.56. The monoisotopic (exact) mass is 241 g/mol. The van der Waals surface area contributed by atoms with Crippen LogP contribution < -0.4 is 11.5 Å². The molecule has 1 aliphatic carbocycles. The van der Waals surface area contributed by atoms with Crippen molar-refractivity contribution in [1.82, 2.24) is 4.90 Å². The first-order chi connectivity index (χ1) is 8.09. The van der Waals surface area contributed by atoms with Gasteiger partial charge in [-0.15, -0.1) is 0 Å². The van der Waals surface area contributed by atoms with Gasteiger partial charge in [0, 0.05) is 6.54 Å². The second-order valence-corrected chi connectivity index (χ2v) is 4.72. The summed E-state index contributed by atoms with van der Waals surface area (Å²) in [5, 5.41) is 0. The van der Waals surface area contributed by atoms with Crippen LogP contribution in [0.3, 0.4) is 0 Å². The fourth-order valence-corrected chi connectivity index (χ4v) is 2.72. The summed E-state index contributed by atoms with van der Waals surface area (Å²) in [5.41, 5.74) is 10.8. The van der Waals surface area contributed by atoms with E-state index in [1.54, 1.807) is 4.90 Å². The molecule has 1 saturated heterocycles. The van der Waals surface area contributed by atoms with Crippen LogP contribution in [0.1, 0.15) is 25.7 Å². The van der Waals surface area contributed by atoms with Gasteiger partial charge in [0.25, 0.3) is 0 Å². The van der Waals surface area contributed by atoms with Crippen LogP contribution in [0.5, 0.6) is 0 Å². The Kier molecular flexibility index (Phi) is 3.63. The highest BCUT2D eigenvalue weighted by Gasteiger charge is 2.39. The highest BCUT2D eigenvalue weighted by Crippen LogP contribution is 2.29. The number of ether oxygens (including phenoxy) is 1. The minimum Gasteiger partial charge on any atom is -0.374 e. The highest BCUT2D eigenvalue weighted by molar-refractivity contribution is 5.87. The van der Waals surface area contributed by atoms with Gasteiger partial charge >= 0.3 is 0 Å². The molecule has 1 aliphatic heterocycles. The average Bonchev–Trinajstić information content (AvgIpc) is 2.74. The van der Waals surface area contributed by atoms with Gasteiger partial charge < -0.3 is 21.1 Å². The van der Waals surface area contributed by atoms with Gasteiger partial charge in [-0.1, -0.05) is 0 Å².